The van der Waals surface area contributed by atoms with E-state index < -0.39 is 23.3 Å². The summed E-state index contributed by atoms with van der Waals surface area (Å²) in [5, 5.41) is 0.178. The van der Waals surface area contributed by atoms with Gasteiger partial charge in [-0.2, -0.15) is 0 Å². The Labute approximate surface area is 147 Å². The second-order valence-corrected chi connectivity index (χ2v) is 6.65. The Kier molecular flexibility index (Phi) is 3.58. The van der Waals surface area contributed by atoms with Crippen molar-refractivity contribution in [2.75, 3.05) is 0 Å². The Morgan fingerprint density at radius 3 is 2.04 bits per heavy atom. The highest BCUT2D eigenvalue weighted by Crippen LogP contribution is 2.38. The van der Waals surface area contributed by atoms with Crippen molar-refractivity contribution in [3.63, 3.8) is 0 Å². The summed E-state index contributed by atoms with van der Waals surface area (Å²) in [5.74, 6) is -2.66. The summed E-state index contributed by atoms with van der Waals surface area (Å²) in [6, 6.07) is 8.27. The molecule has 0 spiro atoms. The van der Waals surface area contributed by atoms with Crippen molar-refractivity contribution in [3.8, 4) is 5.69 Å². The molecule has 1 heterocycles. The fraction of sp³-hybridized carbons (Fsp3) is 0.143. The fourth-order valence-corrected chi connectivity index (χ4v) is 3.51. The van der Waals surface area contributed by atoms with Crippen LogP contribution < -0.4 is 0 Å². The third-order valence-electron chi connectivity index (χ3n) is 4.64. The van der Waals surface area contributed by atoms with Crippen molar-refractivity contribution in [1.82, 2.24) is 4.57 Å². The average molecular weight is 357 g/mol. The van der Waals surface area contributed by atoms with Crippen molar-refractivity contribution in [2.24, 2.45) is 0 Å². The lowest BCUT2D eigenvalue weighted by molar-refractivity contribution is 0.601. The van der Waals surface area contributed by atoms with Crippen molar-refractivity contribution in [3.05, 3.63) is 76.4 Å². The second-order valence-electron chi connectivity index (χ2n) is 6.65. The molecule has 0 bridgehead atoms. The molecule has 0 fully saturated rings. The number of nitrogens with zero attached hydrogens (tertiary/aromatic N) is 1. The third-order valence-corrected chi connectivity index (χ3v) is 4.64. The lowest BCUT2D eigenvalue weighted by Crippen LogP contribution is -2.01. The Morgan fingerprint density at radius 2 is 1.35 bits per heavy atom. The highest BCUT2D eigenvalue weighted by molar-refractivity contribution is 6.10. The SMILES string of the molecule is Cc1ccc(-n2c3c(F)cc(C)cc3c3c(F)c(C)cc(F)c32)c(F)c1. The van der Waals surface area contributed by atoms with Gasteiger partial charge in [-0.3, -0.25) is 0 Å². The molecule has 0 saturated carbocycles. The topological polar surface area (TPSA) is 4.93 Å². The molecule has 0 saturated heterocycles. The van der Waals surface area contributed by atoms with E-state index >= 15 is 0 Å². The van der Waals surface area contributed by atoms with Crippen LogP contribution in [0.3, 0.4) is 0 Å². The normalized spacial score (nSPS) is 11.7. The molecule has 26 heavy (non-hydrogen) atoms. The first-order valence-corrected chi connectivity index (χ1v) is 8.15. The number of aryl methyl sites for hydroxylation is 3. The Hall–Kier alpha value is -2.82. The zero-order valence-corrected chi connectivity index (χ0v) is 14.4. The van der Waals surface area contributed by atoms with Gasteiger partial charge < -0.3 is 4.57 Å². The number of benzene rings is 3. The molecule has 0 aliphatic rings. The van der Waals surface area contributed by atoms with Gasteiger partial charge in [0, 0.05) is 10.8 Å². The van der Waals surface area contributed by atoms with E-state index in [0.717, 1.165) is 10.6 Å². The minimum atomic E-state index is -0.730. The molecule has 1 aromatic heterocycles. The third kappa shape index (κ3) is 2.23. The van der Waals surface area contributed by atoms with Crippen molar-refractivity contribution >= 4 is 21.8 Å². The maximum absolute atomic E-state index is 14.9. The summed E-state index contributed by atoms with van der Waals surface area (Å²) in [6.45, 7) is 4.83. The number of hydrogen-bond donors (Lipinski definition) is 0. The fourth-order valence-electron chi connectivity index (χ4n) is 3.51. The van der Waals surface area contributed by atoms with E-state index in [2.05, 4.69) is 0 Å². The Morgan fingerprint density at radius 1 is 0.692 bits per heavy atom. The van der Waals surface area contributed by atoms with Gasteiger partial charge in [-0.05, 0) is 67.8 Å². The Bertz CT molecular complexity index is 1200. The molecule has 4 aromatic rings. The highest BCUT2D eigenvalue weighted by Gasteiger charge is 2.24. The lowest BCUT2D eigenvalue weighted by atomic mass is 10.1. The first-order valence-electron chi connectivity index (χ1n) is 8.15. The molecule has 0 radical (unpaired) electrons. The van der Waals surface area contributed by atoms with Crippen molar-refractivity contribution in [2.45, 2.75) is 20.8 Å². The van der Waals surface area contributed by atoms with E-state index in [4.69, 9.17) is 0 Å². The van der Waals surface area contributed by atoms with E-state index in [1.165, 1.54) is 25.1 Å². The Balaban J connectivity index is 2.33. The summed E-state index contributed by atoms with van der Waals surface area (Å²) in [4.78, 5) is 0. The van der Waals surface area contributed by atoms with Crippen LogP contribution in [0.25, 0.3) is 27.5 Å². The van der Waals surface area contributed by atoms with E-state index in [0.29, 0.717) is 11.1 Å². The summed E-state index contributed by atoms with van der Waals surface area (Å²) in [7, 11) is 0. The molecule has 0 aliphatic heterocycles. The summed E-state index contributed by atoms with van der Waals surface area (Å²) < 4.78 is 60.3. The largest absolute Gasteiger partial charge is 0.301 e. The van der Waals surface area contributed by atoms with Crippen molar-refractivity contribution < 1.29 is 17.6 Å². The van der Waals surface area contributed by atoms with Crippen LogP contribution in [-0.2, 0) is 0 Å². The minimum Gasteiger partial charge on any atom is -0.301 e. The summed E-state index contributed by atoms with van der Waals surface area (Å²) >= 11 is 0. The number of fused-ring (bicyclic) bond motifs is 3. The second kappa shape index (κ2) is 5.59. The molecular formula is C21H15F4N. The molecule has 0 unspecified atom stereocenters. The highest BCUT2D eigenvalue weighted by atomic mass is 19.1. The van der Waals surface area contributed by atoms with Crippen LogP contribution in [0.4, 0.5) is 17.6 Å². The molecule has 0 atom stereocenters. The van der Waals surface area contributed by atoms with Crippen LogP contribution in [0.1, 0.15) is 16.7 Å². The van der Waals surface area contributed by atoms with Gasteiger partial charge in [0.25, 0.3) is 0 Å². The summed E-state index contributed by atoms with van der Waals surface area (Å²) in [5.41, 5.74) is 1.11. The van der Waals surface area contributed by atoms with Crippen molar-refractivity contribution in [1.29, 1.82) is 0 Å². The molecule has 0 aliphatic carbocycles. The van der Waals surface area contributed by atoms with Gasteiger partial charge in [0.2, 0.25) is 0 Å². The van der Waals surface area contributed by atoms with Crippen LogP contribution >= 0.6 is 0 Å². The molecule has 1 nitrogen and oxygen atoms in total. The zero-order chi connectivity index (χ0) is 18.7. The van der Waals surface area contributed by atoms with E-state index in [1.54, 1.807) is 26.0 Å². The predicted octanol–water partition coefficient (Wildman–Crippen LogP) is 6.27. The van der Waals surface area contributed by atoms with Gasteiger partial charge in [-0.15, -0.1) is 0 Å². The first-order chi connectivity index (χ1) is 12.3. The first kappa shape index (κ1) is 16.6. The maximum Gasteiger partial charge on any atom is 0.148 e. The predicted molar refractivity (Wildman–Crippen MR) is 94.8 cm³/mol. The number of halogens is 4. The van der Waals surface area contributed by atoms with E-state index in [9.17, 15) is 17.6 Å². The van der Waals surface area contributed by atoms with Gasteiger partial charge in [0.1, 0.15) is 23.3 Å². The molecule has 132 valence electrons. The van der Waals surface area contributed by atoms with Gasteiger partial charge in [-0.25, -0.2) is 17.6 Å². The molecule has 5 heteroatoms. The van der Waals surface area contributed by atoms with Crippen LogP contribution in [0, 0.1) is 44.0 Å². The lowest BCUT2D eigenvalue weighted by Gasteiger charge is -2.11. The van der Waals surface area contributed by atoms with Crippen LogP contribution in [0.15, 0.2) is 36.4 Å². The average Bonchev–Trinajstić information content (AvgIpc) is 2.88. The number of hydrogen-bond acceptors (Lipinski definition) is 0. The van der Waals surface area contributed by atoms with E-state index in [-0.39, 0.29) is 33.1 Å². The molecule has 0 N–H and O–H groups in total. The van der Waals surface area contributed by atoms with Gasteiger partial charge in [-0.1, -0.05) is 6.07 Å². The number of aromatic nitrogens is 1. The van der Waals surface area contributed by atoms with E-state index in [1.807, 2.05) is 0 Å². The molecule has 4 rings (SSSR count). The molecule has 0 amide bonds. The minimum absolute atomic E-state index is 0.0273. The van der Waals surface area contributed by atoms with Gasteiger partial charge >= 0.3 is 0 Å². The van der Waals surface area contributed by atoms with Gasteiger partial charge in [0.05, 0.1) is 16.7 Å². The molecular weight excluding hydrogens is 342 g/mol. The van der Waals surface area contributed by atoms with Crippen LogP contribution in [0.2, 0.25) is 0 Å². The summed E-state index contributed by atoms with van der Waals surface area (Å²) in [6.07, 6.45) is 0. The van der Waals surface area contributed by atoms with Crippen LogP contribution in [0.5, 0.6) is 0 Å². The monoisotopic (exact) mass is 357 g/mol. The standard InChI is InChI=1S/C21H15F4N/c1-10-4-5-17(14(22)7-10)26-20-13(6-11(2)8-15(20)23)18-19(25)12(3)9-16(24)21(18)26/h4-9H,1-3H3. The number of rotatable bonds is 1. The molecule has 3 aromatic carbocycles. The van der Waals surface area contributed by atoms with Gasteiger partial charge in [0.15, 0.2) is 0 Å². The smallest absolute Gasteiger partial charge is 0.148 e. The van der Waals surface area contributed by atoms with Crippen LogP contribution in [-0.4, -0.2) is 4.57 Å². The zero-order valence-electron chi connectivity index (χ0n) is 14.4. The maximum atomic E-state index is 14.9. The quantitative estimate of drug-likeness (QED) is 0.354.